The van der Waals surface area contributed by atoms with E-state index in [4.69, 9.17) is 0 Å². The Hall–Kier alpha value is -0.470. The monoisotopic (exact) mass is 251 g/mol. The molecule has 0 amide bonds. The number of rotatable bonds is 7. The van der Waals surface area contributed by atoms with Crippen molar-refractivity contribution in [2.45, 2.75) is 38.5 Å². The van der Waals surface area contributed by atoms with E-state index >= 15 is 0 Å². The highest BCUT2D eigenvalue weighted by molar-refractivity contribution is 7.99. The van der Waals surface area contributed by atoms with E-state index in [1.165, 1.54) is 12.0 Å². The van der Waals surface area contributed by atoms with Gasteiger partial charge < -0.3 is 5.32 Å². The van der Waals surface area contributed by atoms with Gasteiger partial charge in [-0.1, -0.05) is 51.1 Å². The van der Waals surface area contributed by atoms with Crippen molar-refractivity contribution in [2.75, 3.05) is 12.8 Å². The molecule has 1 nitrogen and oxygen atoms in total. The van der Waals surface area contributed by atoms with Crippen LogP contribution in [0.3, 0.4) is 0 Å². The Morgan fingerprint density at radius 2 is 1.76 bits per heavy atom. The Morgan fingerprint density at radius 3 is 2.29 bits per heavy atom. The van der Waals surface area contributed by atoms with Crippen LogP contribution in [0, 0.1) is 5.92 Å². The van der Waals surface area contributed by atoms with Gasteiger partial charge in [-0.15, -0.1) is 0 Å². The molecule has 0 saturated heterocycles. The lowest BCUT2D eigenvalue weighted by atomic mass is 9.96. The van der Waals surface area contributed by atoms with Crippen LogP contribution in [0.2, 0.25) is 0 Å². The normalized spacial score (nSPS) is 14.9. The van der Waals surface area contributed by atoms with E-state index in [0.717, 1.165) is 11.8 Å². The van der Waals surface area contributed by atoms with E-state index in [1.807, 2.05) is 11.8 Å². The Morgan fingerprint density at radius 1 is 1.12 bits per heavy atom. The zero-order valence-corrected chi connectivity index (χ0v) is 12.3. The predicted octanol–water partition coefficient (Wildman–Crippen LogP) is 4.11. The van der Waals surface area contributed by atoms with Gasteiger partial charge in [0.15, 0.2) is 0 Å². The quantitative estimate of drug-likeness (QED) is 0.782. The molecule has 0 aromatic heterocycles. The van der Waals surface area contributed by atoms with E-state index in [1.54, 1.807) is 0 Å². The van der Waals surface area contributed by atoms with E-state index in [2.05, 4.69) is 62.7 Å². The van der Waals surface area contributed by atoms with Gasteiger partial charge in [0.2, 0.25) is 0 Å². The van der Waals surface area contributed by atoms with Gasteiger partial charge in [0.1, 0.15) is 0 Å². The molecule has 0 aliphatic rings. The van der Waals surface area contributed by atoms with Gasteiger partial charge in [-0.25, -0.2) is 0 Å². The fraction of sp³-hybridized carbons (Fsp3) is 0.600. The van der Waals surface area contributed by atoms with E-state index in [-0.39, 0.29) is 0 Å². The summed E-state index contributed by atoms with van der Waals surface area (Å²) in [6, 6.07) is 11.2. The van der Waals surface area contributed by atoms with Gasteiger partial charge in [-0.3, -0.25) is 0 Å². The molecule has 0 saturated carbocycles. The molecule has 0 aliphatic heterocycles. The van der Waals surface area contributed by atoms with Crippen LogP contribution in [0.5, 0.6) is 0 Å². The Balaban J connectivity index is 2.50. The van der Waals surface area contributed by atoms with Crippen molar-refractivity contribution in [3.63, 3.8) is 0 Å². The lowest BCUT2D eigenvalue weighted by molar-refractivity contribution is 0.409. The van der Waals surface area contributed by atoms with Crippen LogP contribution in [-0.2, 0) is 0 Å². The molecule has 1 rings (SSSR count). The molecular weight excluding hydrogens is 226 g/mol. The summed E-state index contributed by atoms with van der Waals surface area (Å²) in [6.45, 7) is 7.95. The van der Waals surface area contributed by atoms with Crippen LogP contribution in [0.25, 0.3) is 0 Å². The zero-order valence-electron chi connectivity index (χ0n) is 11.4. The molecule has 0 fully saturated rings. The minimum Gasteiger partial charge on any atom is -0.310 e. The van der Waals surface area contributed by atoms with Crippen molar-refractivity contribution < 1.29 is 0 Å². The molecule has 2 unspecified atom stereocenters. The molecule has 1 aromatic rings. The second-order valence-electron chi connectivity index (χ2n) is 4.92. The Bertz CT molecular complexity index is 297. The average molecular weight is 251 g/mol. The number of benzene rings is 1. The highest BCUT2D eigenvalue weighted by atomic mass is 32.2. The van der Waals surface area contributed by atoms with Crippen LogP contribution in [0.4, 0.5) is 0 Å². The van der Waals surface area contributed by atoms with Gasteiger partial charge in [0, 0.05) is 11.3 Å². The van der Waals surface area contributed by atoms with Gasteiger partial charge in [-0.05, 0) is 30.7 Å². The predicted molar refractivity (Wildman–Crippen MR) is 79.6 cm³/mol. The third-order valence-corrected chi connectivity index (χ3v) is 4.18. The summed E-state index contributed by atoms with van der Waals surface area (Å²) >= 11 is 1.94. The molecule has 0 heterocycles. The molecule has 1 aromatic carbocycles. The number of hydrogen-bond acceptors (Lipinski definition) is 2. The van der Waals surface area contributed by atoms with Gasteiger partial charge in [-0.2, -0.15) is 11.8 Å². The van der Waals surface area contributed by atoms with E-state index in [9.17, 15) is 0 Å². The van der Waals surface area contributed by atoms with Gasteiger partial charge in [0.25, 0.3) is 0 Å². The maximum Gasteiger partial charge on any atom is 0.0343 e. The van der Waals surface area contributed by atoms with Crippen LogP contribution >= 0.6 is 11.8 Å². The first kappa shape index (κ1) is 14.6. The molecule has 0 aliphatic carbocycles. The maximum absolute atomic E-state index is 3.69. The fourth-order valence-corrected chi connectivity index (χ4v) is 2.31. The van der Waals surface area contributed by atoms with Crippen LogP contribution in [-0.4, -0.2) is 18.1 Å². The Kier molecular flexibility index (Phi) is 6.68. The molecule has 0 spiro atoms. The first-order valence-corrected chi connectivity index (χ1v) is 7.75. The third kappa shape index (κ3) is 5.13. The number of hydrogen-bond donors (Lipinski definition) is 1. The molecule has 96 valence electrons. The minimum absolute atomic E-state index is 0.477. The van der Waals surface area contributed by atoms with Gasteiger partial charge >= 0.3 is 0 Å². The van der Waals surface area contributed by atoms with Crippen molar-refractivity contribution >= 4 is 11.8 Å². The molecule has 0 bridgehead atoms. The molecule has 2 heteroatoms. The topological polar surface area (TPSA) is 12.0 Å². The van der Waals surface area contributed by atoms with Crippen molar-refractivity contribution in [1.82, 2.24) is 5.32 Å². The standard InChI is InChI=1S/C15H25NS/c1-12(2)15(14-8-6-5-7-9-14)16-11-10-13(3)17-4/h5-9,12-13,15-16H,10-11H2,1-4H3. The second kappa shape index (κ2) is 7.78. The summed E-state index contributed by atoms with van der Waals surface area (Å²) in [5, 5.41) is 4.43. The largest absolute Gasteiger partial charge is 0.310 e. The molecule has 1 N–H and O–H groups in total. The van der Waals surface area contributed by atoms with Crippen molar-refractivity contribution in [1.29, 1.82) is 0 Å². The SMILES string of the molecule is CSC(C)CCNC(c1ccccc1)C(C)C. The summed E-state index contributed by atoms with van der Waals surface area (Å²) in [7, 11) is 0. The van der Waals surface area contributed by atoms with E-state index in [0.29, 0.717) is 12.0 Å². The summed E-state index contributed by atoms with van der Waals surface area (Å²) < 4.78 is 0. The highest BCUT2D eigenvalue weighted by Crippen LogP contribution is 2.21. The molecule has 2 atom stereocenters. The third-order valence-electron chi connectivity index (χ3n) is 3.14. The first-order valence-electron chi connectivity index (χ1n) is 6.46. The lowest BCUT2D eigenvalue weighted by Crippen LogP contribution is -2.27. The molecule has 0 radical (unpaired) electrons. The summed E-state index contributed by atoms with van der Waals surface area (Å²) in [6.07, 6.45) is 3.42. The van der Waals surface area contributed by atoms with Gasteiger partial charge in [0.05, 0.1) is 0 Å². The fourth-order valence-electron chi connectivity index (χ4n) is 1.96. The molecule has 17 heavy (non-hydrogen) atoms. The summed E-state index contributed by atoms with van der Waals surface area (Å²) in [5.74, 6) is 0.627. The minimum atomic E-state index is 0.477. The zero-order chi connectivity index (χ0) is 12.7. The summed E-state index contributed by atoms with van der Waals surface area (Å²) in [4.78, 5) is 0. The van der Waals surface area contributed by atoms with Crippen LogP contribution in [0.15, 0.2) is 30.3 Å². The van der Waals surface area contributed by atoms with E-state index < -0.39 is 0 Å². The number of nitrogens with one attached hydrogen (secondary N) is 1. The van der Waals surface area contributed by atoms with Crippen LogP contribution in [0.1, 0.15) is 38.8 Å². The Labute approximate surface area is 110 Å². The highest BCUT2D eigenvalue weighted by Gasteiger charge is 2.14. The van der Waals surface area contributed by atoms with Crippen molar-refractivity contribution in [3.8, 4) is 0 Å². The number of thioether (sulfide) groups is 1. The smallest absolute Gasteiger partial charge is 0.0343 e. The lowest BCUT2D eigenvalue weighted by Gasteiger charge is -2.23. The van der Waals surface area contributed by atoms with Crippen LogP contribution < -0.4 is 5.32 Å². The molecular formula is C15H25NS. The maximum atomic E-state index is 3.69. The second-order valence-corrected chi connectivity index (χ2v) is 6.20. The van der Waals surface area contributed by atoms with Crippen molar-refractivity contribution in [3.05, 3.63) is 35.9 Å². The first-order chi connectivity index (χ1) is 8.15. The average Bonchev–Trinajstić information content (AvgIpc) is 2.34. The van der Waals surface area contributed by atoms with Crippen molar-refractivity contribution in [2.24, 2.45) is 5.92 Å². The summed E-state index contributed by atoms with van der Waals surface area (Å²) in [5.41, 5.74) is 1.40.